The van der Waals surface area contributed by atoms with E-state index < -0.39 is 11.3 Å². The van der Waals surface area contributed by atoms with Crippen LogP contribution in [-0.2, 0) is 16.0 Å². The van der Waals surface area contributed by atoms with Crippen LogP contribution in [0.2, 0.25) is 0 Å². The van der Waals surface area contributed by atoms with Crippen molar-refractivity contribution in [1.82, 2.24) is 5.32 Å². The van der Waals surface area contributed by atoms with Gasteiger partial charge in [-0.15, -0.1) is 0 Å². The number of carbonyl (C=O) groups is 2. The third-order valence-corrected chi connectivity index (χ3v) is 2.67. The first-order chi connectivity index (χ1) is 8.00. The van der Waals surface area contributed by atoms with E-state index in [2.05, 4.69) is 5.32 Å². The molecule has 0 fully saturated rings. The molecule has 0 aliphatic rings. The fourth-order valence-corrected chi connectivity index (χ4v) is 1.80. The van der Waals surface area contributed by atoms with E-state index in [0.29, 0.717) is 0 Å². The molecule has 1 aromatic carbocycles. The van der Waals surface area contributed by atoms with Crippen molar-refractivity contribution in [2.45, 2.75) is 26.3 Å². The molecule has 92 valence electrons. The minimum atomic E-state index is -0.618. The van der Waals surface area contributed by atoms with E-state index in [1.165, 1.54) is 0 Å². The van der Waals surface area contributed by atoms with Crippen LogP contribution >= 0.6 is 11.6 Å². The molecule has 1 amide bonds. The predicted octanol–water partition coefficient (Wildman–Crippen LogP) is 2.14. The van der Waals surface area contributed by atoms with Crippen LogP contribution in [0.5, 0.6) is 0 Å². The molecule has 1 rings (SSSR count). The van der Waals surface area contributed by atoms with Gasteiger partial charge in [0.05, 0.1) is 6.42 Å². The normalized spacial score (nSPS) is 12.2. The highest BCUT2D eigenvalue weighted by Gasteiger charge is 2.22. The fourth-order valence-electron chi connectivity index (χ4n) is 1.49. The number of benzene rings is 1. The molecule has 3 nitrogen and oxygen atoms in total. The van der Waals surface area contributed by atoms with Gasteiger partial charge in [0.2, 0.25) is 11.1 Å². The molecule has 0 aromatic heterocycles. The smallest absolute Gasteiger partial charge is 0.244 e. The number of halogens is 1. The lowest BCUT2D eigenvalue weighted by atomic mass is 10.1. The molecule has 1 N–H and O–H groups in total. The molecule has 0 radical (unpaired) electrons. The molecular formula is C13H16ClNO2. The molecule has 4 heteroatoms. The molecule has 1 unspecified atom stereocenters. The number of carbonyl (C=O) groups excluding carboxylic acids is 2. The Morgan fingerprint density at radius 1 is 1.24 bits per heavy atom. The van der Waals surface area contributed by atoms with Crippen molar-refractivity contribution >= 4 is 22.8 Å². The highest BCUT2D eigenvalue weighted by Crippen LogP contribution is 2.06. The first-order valence-electron chi connectivity index (χ1n) is 5.53. The maximum Gasteiger partial charge on any atom is 0.244 e. The van der Waals surface area contributed by atoms with Crippen molar-refractivity contribution < 1.29 is 9.59 Å². The molecule has 0 aliphatic heterocycles. The Bertz CT molecular complexity index is 390. The molecule has 0 bridgehead atoms. The monoisotopic (exact) mass is 253 g/mol. The van der Waals surface area contributed by atoms with Crippen LogP contribution in [0.4, 0.5) is 0 Å². The van der Waals surface area contributed by atoms with Gasteiger partial charge in [-0.2, -0.15) is 0 Å². The van der Waals surface area contributed by atoms with Crippen LogP contribution < -0.4 is 5.32 Å². The summed E-state index contributed by atoms with van der Waals surface area (Å²) in [6, 6.07) is 8.75. The zero-order valence-electron chi connectivity index (χ0n) is 9.94. The highest BCUT2D eigenvalue weighted by atomic mass is 35.5. The van der Waals surface area contributed by atoms with E-state index in [0.717, 1.165) is 5.56 Å². The van der Waals surface area contributed by atoms with Gasteiger partial charge < -0.3 is 5.32 Å². The molecule has 0 aliphatic carbocycles. The van der Waals surface area contributed by atoms with Gasteiger partial charge in [-0.3, -0.25) is 9.59 Å². The van der Waals surface area contributed by atoms with E-state index in [9.17, 15) is 9.59 Å². The van der Waals surface area contributed by atoms with Gasteiger partial charge in [0.1, 0.15) is 6.04 Å². The lowest BCUT2D eigenvalue weighted by Gasteiger charge is -2.18. The summed E-state index contributed by atoms with van der Waals surface area (Å²) in [6.07, 6.45) is 0.258. The topological polar surface area (TPSA) is 46.2 Å². The highest BCUT2D eigenvalue weighted by molar-refractivity contribution is 6.64. The maximum absolute atomic E-state index is 11.7. The van der Waals surface area contributed by atoms with Crippen molar-refractivity contribution in [2.24, 2.45) is 5.92 Å². The van der Waals surface area contributed by atoms with E-state index >= 15 is 0 Å². The largest absolute Gasteiger partial charge is 0.344 e. The first-order valence-corrected chi connectivity index (χ1v) is 5.91. The van der Waals surface area contributed by atoms with Crippen molar-refractivity contribution in [1.29, 1.82) is 0 Å². The molecule has 0 saturated heterocycles. The quantitative estimate of drug-likeness (QED) is 0.818. The van der Waals surface area contributed by atoms with Crippen LogP contribution in [0.3, 0.4) is 0 Å². The van der Waals surface area contributed by atoms with Gasteiger partial charge in [-0.25, -0.2) is 0 Å². The van der Waals surface area contributed by atoms with E-state index in [1.54, 1.807) is 0 Å². The fraction of sp³-hybridized carbons (Fsp3) is 0.385. The lowest BCUT2D eigenvalue weighted by Crippen LogP contribution is -2.43. The number of amides is 1. The van der Waals surface area contributed by atoms with Gasteiger partial charge in [0.15, 0.2) is 0 Å². The standard InChI is InChI=1S/C13H16ClNO2/c1-9(2)12(13(14)17)15-11(16)8-10-6-4-3-5-7-10/h3-7,9,12H,8H2,1-2H3,(H,15,16). The summed E-state index contributed by atoms with van der Waals surface area (Å²) in [6.45, 7) is 3.68. The molecule has 17 heavy (non-hydrogen) atoms. The maximum atomic E-state index is 11.7. The molecular weight excluding hydrogens is 238 g/mol. The van der Waals surface area contributed by atoms with Crippen LogP contribution in [0, 0.1) is 5.92 Å². The van der Waals surface area contributed by atoms with E-state index in [-0.39, 0.29) is 18.2 Å². The third kappa shape index (κ3) is 4.57. The predicted molar refractivity (Wildman–Crippen MR) is 67.8 cm³/mol. The number of hydrogen-bond donors (Lipinski definition) is 1. The number of rotatable bonds is 5. The Labute approximate surface area is 106 Å². The van der Waals surface area contributed by atoms with E-state index in [4.69, 9.17) is 11.6 Å². The summed E-state index contributed by atoms with van der Waals surface area (Å²) in [5.41, 5.74) is 0.912. The Hall–Kier alpha value is -1.35. The summed E-state index contributed by atoms with van der Waals surface area (Å²) < 4.78 is 0. The van der Waals surface area contributed by atoms with Crippen LogP contribution in [-0.4, -0.2) is 17.2 Å². The first kappa shape index (κ1) is 13.7. The third-order valence-electron chi connectivity index (χ3n) is 2.44. The van der Waals surface area contributed by atoms with Gasteiger partial charge in [-0.1, -0.05) is 44.2 Å². The summed E-state index contributed by atoms with van der Waals surface area (Å²) in [7, 11) is 0. The summed E-state index contributed by atoms with van der Waals surface area (Å²) in [5.74, 6) is -0.205. The summed E-state index contributed by atoms with van der Waals surface area (Å²) >= 11 is 5.43. The van der Waals surface area contributed by atoms with Crippen molar-refractivity contribution in [3.8, 4) is 0 Å². The second kappa shape index (κ2) is 6.40. The zero-order chi connectivity index (χ0) is 12.8. The van der Waals surface area contributed by atoms with Gasteiger partial charge in [0.25, 0.3) is 0 Å². The Kier molecular flexibility index (Phi) is 5.16. The molecule has 1 aromatic rings. The van der Waals surface area contributed by atoms with E-state index in [1.807, 2.05) is 44.2 Å². The molecule has 0 heterocycles. The Morgan fingerprint density at radius 2 is 1.82 bits per heavy atom. The minimum Gasteiger partial charge on any atom is -0.344 e. The van der Waals surface area contributed by atoms with Crippen LogP contribution in [0.15, 0.2) is 30.3 Å². The number of nitrogens with one attached hydrogen (secondary N) is 1. The SMILES string of the molecule is CC(C)C(NC(=O)Cc1ccccc1)C(=O)Cl. The Morgan fingerprint density at radius 3 is 2.29 bits per heavy atom. The average Bonchev–Trinajstić information content (AvgIpc) is 2.26. The van der Waals surface area contributed by atoms with Gasteiger partial charge in [0, 0.05) is 0 Å². The van der Waals surface area contributed by atoms with Gasteiger partial charge in [-0.05, 0) is 23.1 Å². The summed E-state index contributed by atoms with van der Waals surface area (Å²) in [4.78, 5) is 22.8. The second-order valence-electron chi connectivity index (χ2n) is 4.26. The molecule has 1 atom stereocenters. The molecule has 0 spiro atoms. The van der Waals surface area contributed by atoms with Gasteiger partial charge >= 0.3 is 0 Å². The zero-order valence-corrected chi connectivity index (χ0v) is 10.7. The van der Waals surface area contributed by atoms with Crippen molar-refractivity contribution in [3.63, 3.8) is 0 Å². The molecule has 0 saturated carbocycles. The van der Waals surface area contributed by atoms with Crippen molar-refractivity contribution in [3.05, 3.63) is 35.9 Å². The Balaban J connectivity index is 2.57. The van der Waals surface area contributed by atoms with Crippen LogP contribution in [0.1, 0.15) is 19.4 Å². The van der Waals surface area contributed by atoms with Crippen molar-refractivity contribution in [2.75, 3.05) is 0 Å². The average molecular weight is 254 g/mol. The number of hydrogen-bond acceptors (Lipinski definition) is 2. The summed E-state index contributed by atoms with van der Waals surface area (Å²) in [5, 5.41) is 2.12. The minimum absolute atomic E-state index is 0.0141. The van der Waals surface area contributed by atoms with Crippen LogP contribution in [0.25, 0.3) is 0 Å². The lowest BCUT2D eigenvalue weighted by molar-refractivity contribution is -0.125. The second-order valence-corrected chi connectivity index (χ2v) is 4.63.